The molecule has 2 atom stereocenters. The van der Waals surface area contributed by atoms with Crippen LogP contribution in [0.4, 0.5) is 0 Å². The number of hydrogen-bond donors (Lipinski definition) is 0. The van der Waals surface area contributed by atoms with Crippen molar-refractivity contribution in [3.05, 3.63) is 0 Å². The van der Waals surface area contributed by atoms with Gasteiger partial charge in [-0.15, -0.1) is 0 Å². The average Bonchev–Trinajstić information content (AvgIpc) is 2.21. The van der Waals surface area contributed by atoms with Crippen LogP contribution in [-0.4, -0.2) is 55.4 Å². The Kier molecular flexibility index (Phi) is 6.66. The van der Waals surface area contributed by atoms with Gasteiger partial charge < -0.3 is 14.2 Å². The first kappa shape index (κ1) is 12.9. The van der Waals surface area contributed by atoms with Gasteiger partial charge in [0, 0.05) is 42.8 Å². The van der Waals surface area contributed by atoms with Crippen molar-refractivity contribution < 1.29 is 14.2 Å². The fourth-order valence-electron chi connectivity index (χ4n) is 1.81. The zero-order valence-corrected chi connectivity index (χ0v) is 11.0. The molecule has 0 amide bonds. The summed E-state index contributed by atoms with van der Waals surface area (Å²) >= 11 is 0. The van der Waals surface area contributed by atoms with Crippen molar-refractivity contribution in [2.45, 2.75) is 51.1 Å². The molecule has 0 bridgehead atoms. The molecule has 0 aromatic heterocycles. The Labute approximate surface area is 108 Å². The van der Waals surface area contributed by atoms with Gasteiger partial charge >= 0.3 is 0 Å². The molecule has 2 heterocycles. The topological polar surface area (TPSA) is 27.7 Å². The smallest absolute Gasteiger partial charge is 0.160 e. The third-order valence-corrected chi connectivity index (χ3v) is 2.58. The SMILES string of the molecule is C1CCC(OC2CCCCO2)OC1.[Na]. The zero-order valence-electron chi connectivity index (χ0n) is 9.04. The van der Waals surface area contributed by atoms with Crippen LogP contribution in [-0.2, 0) is 14.2 Å². The van der Waals surface area contributed by atoms with Crippen molar-refractivity contribution in [1.29, 1.82) is 0 Å². The minimum absolute atomic E-state index is 0. The predicted octanol–water partition coefficient (Wildman–Crippen LogP) is 1.68. The zero-order chi connectivity index (χ0) is 8.93. The fraction of sp³-hybridized carbons (Fsp3) is 1.00. The van der Waals surface area contributed by atoms with Gasteiger partial charge in [-0.1, -0.05) is 0 Å². The summed E-state index contributed by atoms with van der Waals surface area (Å²) in [6.45, 7) is 1.69. The van der Waals surface area contributed by atoms with Crippen molar-refractivity contribution >= 4 is 29.6 Å². The maximum absolute atomic E-state index is 5.69. The van der Waals surface area contributed by atoms with Crippen molar-refractivity contribution in [2.24, 2.45) is 0 Å². The van der Waals surface area contributed by atoms with E-state index >= 15 is 0 Å². The van der Waals surface area contributed by atoms with Crippen molar-refractivity contribution in [3.8, 4) is 0 Å². The first-order valence-corrected chi connectivity index (χ1v) is 5.34. The van der Waals surface area contributed by atoms with E-state index in [0.29, 0.717) is 0 Å². The van der Waals surface area contributed by atoms with Gasteiger partial charge in [0.2, 0.25) is 0 Å². The number of rotatable bonds is 2. The second-order valence-electron chi connectivity index (χ2n) is 3.73. The molecular formula is C10H18NaO3. The van der Waals surface area contributed by atoms with E-state index in [1.54, 1.807) is 0 Å². The largest absolute Gasteiger partial charge is 0.353 e. The van der Waals surface area contributed by atoms with Gasteiger partial charge in [0.15, 0.2) is 12.6 Å². The quantitative estimate of drug-likeness (QED) is 0.647. The van der Waals surface area contributed by atoms with E-state index in [1.165, 1.54) is 25.7 Å². The monoisotopic (exact) mass is 209 g/mol. The molecule has 2 aliphatic heterocycles. The van der Waals surface area contributed by atoms with Crippen LogP contribution in [0.1, 0.15) is 38.5 Å². The third-order valence-electron chi connectivity index (χ3n) is 2.58. The molecule has 0 aromatic rings. The molecule has 2 rings (SSSR count). The molecular weight excluding hydrogens is 191 g/mol. The number of ether oxygens (including phenoxy) is 3. The molecule has 0 aliphatic carbocycles. The van der Waals surface area contributed by atoms with E-state index in [0.717, 1.165) is 26.1 Å². The normalized spacial score (nSPS) is 33.4. The van der Waals surface area contributed by atoms with E-state index in [1.807, 2.05) is 0 Å². The molecule has 0 spiro atoms. The molecule has 2 aliphatic rings. The third kappa shape index (κ3) is 4.17. The molecule has 2 unspecified atom stereocenters. The van der Waals surface area contributed by atoms with E-state index in [9.17, 15) is 0 Å². The molecule has 0 saturated carbocycles. The average molecular weight is 209 g/mol. The van der Waals surface area contributed by atoms with Gasteiger partial charge in [0.25, 0.3) is 0 Å². The summed E-state index contributed by atoms with van der Waals surface area (Å²) in [5, 5.41) is 0. The molecule has 14 heavy (non-hydrogen) atoms. The van der Waals surface area contributed by atoms with Crippen LogP contribution in [0, 0.1) is 0 Å². The van der Waals surface area contributed by atoms with Gasteiger partial charge in [0.05, 0.1) is 0 Å². The summed E-state index contributed by atoms with van der Waals surface area (Å²) in [6, 6.07) is 0. The summed E-state index contributed by atoms with van der Waals surface area (Å²) in [6.07, 6.45) is 6.83. The Morgan fingerprint density at radius 1 is 0.786 bits per heavy atom. The van der Waals surface area contributed by atoms with Crippen LogP contribution in [0.2, 0.25) is 0 Å². The van der Waals surface area contributed by atoms with E-state index in [-0.39, 0.29) is 42.1 Å². The second-order valence-corrected chi connectivity index (χ2v) is 3.73. The fourth-order valence-corrected chi connectivity index (χ4v) is 1.81. The van der Waals surface area contributed by atoms with Gasteiger partial charge in [0.1, 0.15) is 0 Å². The van der Waals surface area contributed by atoms with Crippen LogP contribution >= 0.6 is 0 Å². The summed E-state index contributed by atoms with van der Waals surface area (Å²) < 4.78 is 16.6. The molecule has 77 valence electrons. The van der Waals surface area contributed by atoms with E-state index < -0.39 is 0 Å². The molecule has 2 saturated heterocycles. The van der Waals surface area contributed by atoms with E-state index in [2.05, 4.69) is 0 Å². The van der Waals surface area contributed by atoms with Crippen LogP contribution in [0.15, 0.2) is 0 Å². The predicted molar refractivity (Wildman–Crippen MR) is 54.0 cm³/mol. The Morgan fingerprint density at radius 2 is 1.29 bits per heavy atom. The molecule has 4 heteroatoms. The molecule has 2 fully saturated rings. The summed E-state index contributed by atoms with van der Waals surface area (Å²) in [5.74, 6) is 0. The van der Waals surface area contributed by atoms with Gasteiger partial charge in [-0.25, -0.2) is 0 Å². The Morgan fingerprint density at radius 3 is 1.64 bits per heavy atom. The maximum Gasteiger partial charge on any atom is 0.160 e. The van der Waals surface area contributed by atoms with Gasteiger partial charge in [-0.3, -0.25) is 0 Å². The van der Waals surface area contributed by atoms with Gasteiger partial charge in [-0.05, 0) is 38.5 Å². The first-order valence-electron chi connectivity index (χ1n) is 5.34. The van der Waals surface area contributed by atoms with Gasteiger partial charge in [-0.2, -0.15) is 0 Å². The van der Waals surface area contributed by atoms with Crippen molar-refractivity contribution in [1.82, 2.24) is 0 Å². The molecule has 1 radical (unpaired) electrons. The van der Waals surface area contributed by atoms with Crippen LogP contribution in [0.5, 0.6) is 0 Å². The molecule has 3 nitrogen and oxygen atoms in total. The minimum atomic E-state index is -0.00292. The standard InChI is InChI=1S/C10H18O3.Na/c1-3-7-11-9(5-1)13-10-6-2-4-8-12-10;/h9-10H,1-8H2;. The molecule has 0 N–H and O–H groups in total. The Bertz CT molecular complexity index is 126. The van der Waals surface area contributed by atoms with Crippen molar-refractivity contribution in [3.63, 3.8) is 0 Å². The Balaban J connectivity index is 0.000000980. The van der Waals surface area contributed by atoms with Crippen molar-refractivity contribution in [2.75, 3.05) is 13.2 Å². The van der Waals surface area contributed by atoms with Crippen LogP contribution < -0.4 is 0 Å². The van der Waals surface area contributed by atoms with Crippen LogP contribution in [0.3, 0.4) is 0 Å². The summed E-state index contributed by atoms with van der Waals surface area (Å²) in [7, 11) is 0. The summed E-state index contributed by atoms with van der Waals surface area (Å²) in [4.78, 5) is 0. The first-order chi connectivity index (χ1) is 6.45. The summed E-state index contributed by atoms with van der Waals surface area (Å²) in [5.41, 5.74) is 0. The number of hydrogen-bond acceptors (Lipinski definition) is 3. The van der Waals surface area contributed by atoms with Crippen LogP contribution in [0.25, 0.3) is 0 Å². The van der Waals surface area contributed by atoms with E-state index in [4.69, 9.17) is 14.2 Å². The maximum atomic E-state index is 5.69. The Hall–Kier alpha value is 0.880. The molecule has 0 aromatic carbocycles. The minimum Gasteiger partial charge on any atom is -0.353 e. The second kappa shape index (κ2) is 7.20.